The first-order valence-electron chi connectivity index (χ1n) is 6.90. The third kappa shape index (κ3) is 4.47. The average Bonchev–Trinajstić information content (AvgIpc) is 2.46. The molecule has 0 radical (unpaired) electrons. The standard InChI is InChI=1S/C17H15Cl2NO3/c1-10-5-3-4-6-13(10)16(21)14-8-7-12(9-15(14)19)20-17(22)23-11(2)18/h3-9,11H,1-2H3,(H,20,22). The number of alkyl halides is 1. The lowest BCUT2D eigenvalue weighted by molar-refractivity contribution is 0.103. The van der Waals surface area contributed by atoms with Gasteiger partial charge in [0.25, 0.3) is 0 Å². The molecule has 4 nitrogen and oxygen atoms in total. The van der Waals surface area contributed by atoms with Crippen molar-refractivity contribution >= 4 is 40.8 Å². The third-order valence-electron chi connectivity index (χ3n) is 3.12. The maximum absolute atomic E-state index is 12.6. The number of benzene rings is 2. The highest BCUT2D eigenvalue weighted by Crippen LogP contribution is 2.25. The number of halogens is 2. The van der Waals surface area contributed by atoms with Gasteiger partial charge in [-0.15, -0.1) is 0 Å². The van der Waals surface area contributed by atoms with Gasteiger partial charge >= 0.3 is 6.09 Å². The van der Waals surface area contributed by atoms with Crippen LogP contribution >= 0.6 is 23.2 Å². The number of ketones is 1. The van der Waals surface area contributed by atoms with Gasteiger partial charge in [-0.3, -0.25) is 10.1 Å². The molecule has 6 heteroatoms. The molecule has 1 N–H and O–H groups in total. The highest BCUT2D eigenvalue weighted by molar-refractivity contribution is 6.35. The van der Waals surface area contributed by atoms with Crippen LogP contribution in [-0.4, -0.2) is 17.4 Å². The predicted octanol–water partition coefficient (Wildman–Crippen LogP) is 5.01. The zero-order chi connectivity index (χ0) is 17.0. The fraction of sp³-hybridized carbons (Fsp3) is 0.176. The fourth-order valence-corrected chi connectivity index (χ4v) is 2.39. The van der Waals surface area contributed by atoms with Crippen molar-refractivity contribution in [3.8, 4) is 0 Å². The van der Waals surface area contributed by atoms with Crippen LogP contribution in [0.5, 0.6) is 0 Å². The van der Waals surface area contributed by atoms with Crippen LogP contribution in [0.3, 0.4) is 0 Å². The largest absolute Gasteiger partial charge is 0.430 e. The van der Waals surface area contributed by atoms with E-state index >= 15 is 0 Å². The molecule has 2 aromatic rings. The molecule has 23 heavy (non-hydrogen) atoms. The van der Waals surface area contributed by atoms with Crippen LogP contribution in [0.1, 0.15) is 28.4 Å². The lowest BCUT2D eigenvalue weighted by atomic mass is 9.99. The quantitative estimate of drug-likeness (QED) is 0.621. The molecule has 0 saturated heterocycles. The van der Waals surface area contributed by atoms with Crippen LogP contribution in [0.25, 0.3) is 0 Å². The first-order valence-corrected chi connectivity index (χ1v) is 7.71. The number of anilines is 1. The average molecular weight is 352 g/mol. The van der Waals surface area contributed by atoms with E-state index in [-0.39, 0.29) is 10.8 Å². The van der Waals surface area contributed by atoms with Gasteiger partial charge in [-0.2, -0.15) is 0 Å². The second-order valence-electron chi connectivity index (χ2n) is 4.91. The summed E-state index contributed by atoms with van der Waals surface area (Å²) in [5.74, 6) is -0.170. The Hall–Kier alpha value is -2.04. The summed E-state index contributed by atoms with van der Waals surface area (Å²) in [4.78, 5) is 24.0. The van der Waals surface area contributed by atoms with Crippen molar-refractivity contribution in [2.24, 2.45) is 0 Å². The Bertz CT molecular complexity index is 744. The van der Waals surface area contributed by atoms with Crippen molar-refractivity contribution in [1.29, 1.82) is 0 Å². The Morgan fingerprint density at radius 1 is 1.13 bits per heavy atom. The summed E-state index contributed by atoms with van der Waals surface area (Å²) in [6.45, 7) is 3.39. The minimum Gasteiger partial charge on any atom is -0.430 e. The Morgan fingerprint density at radius 2 is 1.83 bits per heavy atom. The van der Waals surface area contributed by atoms with Gasteiger partial charge < -0.3 is 4.74 Å². The van der Waals surface area contributed by atoms with Gasteiger partial charge in [-0.25, -0.2) is 4.79 Å². The van der Waals surface area contributed by atoms with E-state index in [0.29, 0.717) is 16.8 Å². The van der Waals surface area contributed by atoms with Gasteiger partial charge in [0.15, 0.2) is 11.3 Å². The van der Waals surface area contributed by atoms with Crippen molar-refractivity contribution in [2.45, 2.75) is 19.4 Å². The van der Waals surface area contributed by atoms with Crippen molar-refractivity contribution in [2.75, 3.05) is 5.32 Å². The Balaban J connectivity index is 2.21. The number of hydrogen-bond donors (Lipinski definition) is 1. The van der Waals surface area contributed by atoms with E-state index in [0.717, 1.165) is 5.56 Å². The fourth-order valence-electron chi connectivity index (χ4n) is 2.04. The van der Waals surface area contributed by atoms with Gasteiger partial charge in [0, 0.05) is 16.8 Å². The van der Waals surface area contributed by atoms with Crippen LogP contribution in [0, 0.1) is 6.92 Å². The summed E-state index contributed by atoms with van der Waals surface area (Å²) in [6, 6.07) is 11.9. The smallest absolute Gasteiger partial charge is 0.413 e. The Morgan fingerprint density at radius 3 is 2.43 bits per heavy atom. The molecule has 120 valence electrons. The molecule has 0 fully saturated rings. The topological polar surface area (TPSA) is 55.4 Å². The summed E-state index contributed by atoms with van der Waals surface area (Å²) in [7, 11) is 0. The maximum Gasteiger partial charge on any atom is 0.413 e. The second-order valence-corrected chi connectivity index (χ2v) is 5.93. The van der Waals surface area contributed by atoms with Crippen LogP contribution < -0.4 is 5.32 Å². The monoisotopic (exact) mass is 351 g/mol. The van der Waals surface area contributed by atoms with E-state index < -0.39 is 11.7 Å². The van der Waals surface area contributed by atoms with E-state index in [1.807, 2.05) is 19.1 Å². The summed E-state index contributed by atoms with van der Waals surface area (Å²) in [5.41, 5.74) is 1.50. The molecule has 0 spiro atoms. The molecule has 0 aliphatic heterocycles. The number of aryl methyl sites for hydroxylation is 1. The predicted molar refractivity (Wildman–Crippen MR) is 91.5 cm³/mol. The molecule has 1 amide bonds. The number of nitrogens with one attached hydrogen (secondary N) is 1. The third-order valence-corrected chi connectivity index (χ3v) is 3.52. The molecule has 0 aromatic heterocycles. The molecule has 2 rings (SSSR count). The summed E-state index contributed by atoms with van der Waals surface area (Å²) in [5, 5.41) is 2.74. The van der Waals surface area contributed by atoms with Crippen LogP contribution in [-0.2, 0) is 4.74 Å². The van der Waals surface area contributed by atoms with Gasteiger partial charge in [-0.1, -0.05) is 47.5 Å². The molecular weight excluding hydrogens is 337 g/mol. The van der Waals surface area contributed by atoms with Crippen molar-refractivity contribution < 1.29 is 14.3 Å². The zero-order valence-electron chi connectivity index (χ0n) is 12.6. The first-order chi connectivity index (χ1) is 10.9. The van der Waals surface area contributed by atoms with E-state index in [9.17, 15) is 9.59 Å². The van der Waals surface area contributed by atoms with Crippen LogP contribution in [0.15, 0.2) is 42.5 Å². The van der Waals surface area contributed by atoms with E-state index in [2.05, 4.69) is 5.32 Å². The van der Waals surface area contributed by atoms with Crippen molar-refractivity contribution in [3.05, 3.63) is 64.2 Å². The van der Waals surface area contributed by atoms with Gasteiger partial charge in [0.2, 0.25) is 0 Å². The molecule has 1 atom stereocenters. The van der Waals surface area contributed by atoms with Crippen LogP contribution in [0.4, 0.5) is 10.5 Å². The molecule has 0 heterocycles. The number of hydrogen-bond acceptors (Lipinski definition) is 3. The summed E-state index contributed by atoms with van der Waals surface area (Å²) in [6.07, 6.45) is -0.693. The SMILES string of the molecule is Cc1ccccc1C(=O)c1ccc(NC(=O)OC(C)Cl)cc1Cl. The lowest BCUT2D eigenvalue weighted by Gasteiger charge is -2.10. The van der Waals surface area contributed by atoms with Gasteiger partial charge in [-0.05, 0) is 37.6 Å². The number of ether oxygens (including phenoxy) is 1. The lowest BCUT2D eigenvalue weighted by Crippen LogP contribution is -2.17. The summed E-state index contributed by atoms with van der Waals surface area (Å²) >= 11 is 11.7. The molecule has 2 aromatic carbocycles. The highest BCUT2D eigenvalue weighted by Gasteiger charge is 2.16. The van der Waals surface area contributed by atoms with Gasteiger partial charge in [0.1, 0.15) is 0 Å². The number of amides is 1. The first kappa shape index (κ1) is 17.3. The van der Waals surface area contributed by atoms with Gasteiger partial charge in [0.05, 0.1) is 5.02 Å². The molecule has 0 bridgehead atoms. The van der Waals surface area contributed by atoms with Crippen molar-refractivity contribution in [3.63, 3.8) is 0 Å². The minimum absolute atomic E-state index is 0.170. The molecular formula is C17H15Cl2NO3. The normalized spacial score (nSPS) is 11.7. The number of carbonyl (C=O) groups excluding carboxylic acids is 2. The zero-order valence-corrected chi connectivity index (χ0v) is 14.1. The molecule has 0 aliphatic carbocycles. The minimum atomic E-state index is -0.743. The van der Waals surface area contributed by atoms with E-state index in [4.69, 9.17) is 27.9 Å². The highest BCUT2D eigenvalue weighted by atomic mass is 35.5. The Kier molecular flexibility index (Phi) is 5.64. The van der Waals surface area contributed by atoms with Crippen molar-refractivity contribution in [1.82, 2.24) is 0 Å². The number of carbonyl (C=O) groups is 2. The van der Waals surface area contributed by atoms with E-state index in [1.165, 1.54) is 13.0 Å². The maximum atomic E-state index is 12.6. The van der Waals surface area contributed by atoms with E-state index in [1.54, 1.807) is 24.3 Å². The second kappa shape index (κ2) is 7.49. The molecule has 0 aliphatic rings. The van der Waals surface area contributed by atoms with Crippen LogP contribution in [0.2, 0.25) is 5.02 Å². The molecule has 1 unspecified atom stereocenters. The summed E-state index contributed by atoms with van der Waals surface area (Å²) < 4.78 is 4.76. The Labute approximate surface area is 144 Å². The number of rotatable bonds is 4. The molecule has 0 saturated carbocycles.